The van der Waals surface area contributed by atoms with E-state index >= 15 is 0 Å². The van der Waals surface area contributed by atoms with E-state index in [0.29, 0.717) is 17.4 Å². The molecule has 0 radical (unpaired) electrons. The fourth-order valence-corrected chi connectivity index (χ4v) is 4.51. The monoisotopic (exact) mass is 395 g/mol. The Morgan fingerprint density at radius 1 is 1.03 bits per heavy atom. The average Bonchev–Trinajstić information content (AvgIpc) is 3.28. The van der Waals surface area contributed by atoms with Crippen LogP contribution in [0.2, 0.25) is 0 Å². The summed E-state index contributed by atoms with van der Waals surface area (Å²) in [7, 11) is 0. The Balaban J connectivity index is 1.37. The minimum Gasteiger partial charge on any atom is -0.378 e. The summed E-state index contributed by atoms with van der Waals surface area (Å²) in [6.07, 6.45) is 7.37. The first kappa shape index (κ1) is 18.3. The van der Waals surface area contributed by atoms with Gasteiger partial charge < -0.3 is 5.32 Å². The number of hydrogen-bond donors (Lipinski definition) is 1. The minimum atomic E-state index is -0.396. The van der Waals surface area contributed by atoms with E-state index in [9.17, 15) is 10.1 Å². The average molecular weight is 395 g/mol. The number of allylic oxidation sites excluding steroid dienone is 2. The van der Waals surface area contributed by atoms with Crippen LogP contribution in [0, 0.1) is 16.0 Å². The molecule has 3 aromatic carbocycles. The summed E-state index contributed by atoms with van der Waals surface area (Å²) in [5.74, 6) is 0.970. The molecule has 1 aliphatic carbocycles. The molecule has 5 rings (SSSR count). The van der Waals surface area contributed by atoms with Gasteiger partial charge in [0.1, 0.15) is 0 Å². The smallest absolute Gasteiger partial charge is 0.270 e. The Kier molecular flexibility index (Phi) is 4.64. The highest BCUT2D eigenvalue weighted by Crippen LogP contribution is 2.49. The van der Waals surface area contributed by atoms with E-state index in [-0.39, 0.29) is 11.7 Å². The maximum absolute atomic E-state index is 10.9. The summed E-state index contributed by atoms with van der Waals surface area (Å²) >= 11 is 0. The van der Waals surface area contributed by atoms with Gasteiger partial charge in [-0.3, -0.25) is 15.1 Å². The molecule has 0 aromatic heterocycles. The van der Waals surface area contributed by atoms with Crippen molar-refractivity contribution in [1.82, 2.24) is 0 Å². The molecule has 0 saturated carbocycles. The second-order valence-corrected chi connectivity index (χ2v) is 7.76. The third-order valence-electron chi connectivity index (χ3n) is 5.97. The molecule has 0 unspecified atom stereocenters. The van der Waals surface area contributed by atoms with Gasteiger partial charge in [-0.2, -0.15) is 0 Å². The maximum Gasteiger partial charge on any atom is 0.270 e. The van der Waals surface area contributed by atoms with Crippen molar-refractivity contribution >= 4 is 23.3 Å². The zero-order chi connectivity index (χ0) is 20.5. The molecule has 30 heavy (non-hydrogen) atoms. The first-order valence-electron chi connectivity index (χ1n) is 10.1. The summed E-state index contributed by atoms with van der Waals surface area (Å²) in [5, 5.41) is 14.7. The maximum atomic E-state index is 10.9. The minimum absolute atomic E-state index is 0.0673. The number of non-ortho nitro benzene ring substituents is 1. The zero-order valence-corrected chi connectivity index (χ0v) is 16.3. The van der Waals surface area contributed by atoms with Crippen molar-refractivity contribution in [1.29, 1.82) is 0 Å². The van der Waals surface area contributed by atoms with Crippen LogP contribution in [-0.4, -0.2) is 11.1 Å². The van der Waals surface area contributed by atoms with E-state index in [1.54, 1.807) is 12.3 Å². The highest BCUT2D eigenvalue weighted by Gasteiger charge is 2.37. The zero-order valence-electron chi connectivity index (χ0n) is 16.3. The molecular formula is C25H21N3O2. The lowest BCUT2D eigenvalue weighted by Gasteiger charge is -2.37. The van der Waals surface area contributed by atoms with Gasteiger partial charge in [0, 0.05) is 30.0 Å². The first-order valence-corrected chi connectivity index (χ1v) is 10.1. The van der Waals surface area contributed by atoms with Gasteiger partial charge in [-0.15, -0.1) is 0 Å². The standard InChI is InChI=1S/C25H21N3O2/c29-28(30)20-6-3-5-17(15-20)16-26-19-13-11-18(12-14-19)25-23-9-4-8-21(23)22-7-1-2-10-24(22)27-25/h1-8,10-16,21,23,25,27H,9H2/t21-,23+,25+/m1/s1. The number of nitrogens with zero attached hydrogens (tertiary/aromatic N) is 2. The molecule has 5 heteroatoms. The number of nitrogens with one attached hydrogen (secondary N) is 1. The van der Waals surface area contributed by atoms with Crippen LogP contribution in [0.5, 0.6) is 0 Å². The Labute approximate surface area is 174 Å². The molecule has 1 N–H and O–H groups in total. The lowest BCUT2D eigenvalue weighted by molar-refractivity contribution is -0.384. The lowest BCUT2D eigenvalue weighted by Crippen LogP contribution is -2.28. The first-order chi connectivity index (χ1) is 14.7. The van der Waals surface area contributed by atoms with Crippen molar-refractivity contribution < 1.29 is 4.92 Å². The van der Waals surface area contributed by atoms with Crippen LogP contribution in [-0.2, 0) is 0 Å². The number of anilines is 1. The highest BCUT2D eigenvalue weighted by molar-refractivity contribution is 5.82. The lowest BCUT2D eigenvalue weighted by atomic mass is 9.77. The Morgan fingerprint density at radius 2 is 1.87 bits per heavy atom. The van der Waals surface area contributed by atoms with Crippen molar-refractivity contribution in [3.05, 3.63) is 112 Å². The number of benzene rings is 3. The van der Waals surface area contributed by atoms with Gasteiger partial charge in [0.05, 0.1) is 16.7 Å². The summed E-state index contributed by atoms with van der Waals surface area (Å²) in [5.41, 5.74) is 5.44. The number of nitro groups is 1. The van der Waals surface area contributed by atoms with Crippen LogP contribution >= 0.6 is 0 Å². The number of nitro benzene ring substituents is 1. The quantitative estimate of drug-likeness (QED) is 0.248. The van der Waals surface area contributed by atoms with Gasteiger partial charge in [-0.25, -0.2) is 0 Å². The predicted octanol–water partition coefficient (Wildman–Crippen LogP) is 6.17. The molecular weight excluding hydrogens is 374 g/mol. The van der Waals surface area contributed by atoms with Crippen LogP contribution in [0.4, 0.5) is 17.1 Å². The fourth-order valence-electron chi connectivity index (χ4n) is 4.51. The van der Waals surface area contributed by atoms with E-state index in [1.165, 1.54) is 28.9 Å². The van der Waals surface area contributed by atoms with Gasteiger partial charge in [0.2, 0.25) is 0 Å². The molecule has 1 aliphatic heterocycles. The molecule has 0 saturated heterocycles. The second kappa shape index (κ2) is 7.59. The third-order valence-corrected chi connectivity index (χ3v) is 5.97. The summed E-state index contributed by atoms with van der Waals surface area (Å²) in [4.78, 5) is 15.0. The summed E-state index contributed by atoms with van der Waals surface area (Å²) in [6, 6.07) is 23.6. The van der Waals surface area contributed by atoms with Crippen molar-refractivity contribution in [2.45, 2.75) is 18.4 Å². The van der Waals surface area contributed by atoms with Crippen LogP contribution in [0.3, 0.4) is 0 Å². The van der Waals surface area contributed by atoms with Gasteiger partial charge >= 0.3 is 0 Å². The fraction of sp³-hybridized carbons (Fsp3) is 0.160. The molecule has 0 fully saturated rings. The van der Waals surface area contributed by atoms with E-state index in [0.717, 1.165) is 12.1 Å². The Bertz CT molecular complexity index is 1150. The molecule has 3 atom stereocenters. The van der Waals surface area contributed by atoms with Crippen LogP contribution in [0.15, 0.2) is 89.9 Å². The molecule has 3 aromatic rings. The molecule has 1 heterocycles. The topological polar surface area (TPSA) is 67.5 Å². The van der Waals surface area contributed by atoms with E-state index in [4.69, 9.17) is 0 Å². The molecule has 148 valence electrons. The van der Waals surface area contributed by atoms with Crippen LogP contribution in [0.1, 0.15) is 35.1 Å². The SMILES string of the molecule is O=[N+]([O-])c1cccc(C=Nc2ccc([C@@H]3Nc4ccccc4[C@H]4C=CC[C@@H]43)cc2)c1. The second-order valence-electron chi connectivity index (χ2n) is 7.76. The van der Waals surface area contributed by atoms with Gasteiger partial charge in [-0.1, -0.05) is 54.6 Å². The van der Waals surface area contributed by atoms with Crippen molar-refractivity contribution in [3.63, 3.8) is 0 Å². The largest absolute Gasteiger partial charge is 0.378 e. The normalized spacial score (nSPS) is 21.8. The van der Waals surface area contributed by atoms with Gasteiger partial charge in [0.25, 0.3) is 5.69 Å². The third kappa shape index (κ3) is 3.39. The highest BCUT2D eigenvalue weighted by atomic mass is 16.6. The Morgan fingerprint density at radius 3 is 2.70 bits per heavy atom. The molecule has 0 spiro atoms. The Hall–Kier alpha value is -3.73. The predicted molar refractivity (Wildman–Crippen MR) is 120 cm³/mol. The number of rotatable bonds is 4. The van der Waals surface area contributed by atoms with Crippen molar-refractivity contribution in [2.24, 2.45) is 10.9 Å². The van der Waals surface area contributed by atoms with Gasteiger partial charge in [-0.05, 0) is 47.2 Å². The molecule has 5 nitrogen and oxygen atoms in total. The summed E-state index contributed by atoms with van der Waals surface area (Å²) < 4.78 is 0. The van der Waals surface area contributed by atoms with E-state index in [2.05, 4.69) is 58.9 Å². The summed E-state index contributed by atoms with van der Waals surface area (Å²) in [6.45, 7) is 0. The van der Waals surface area contributed by atoms with E-state index < -0.39 is 4.92 Å². The molecule has 0 bridgehead atoms. The number of para-hydroxylation sites is 1. The van der Waals surface area contributed by atoms with Crippen LogP contribution in [0.25, 0.3) is 0 Å². The molecule has 0 amide bonds. The van der Waals surface area contributed by atoms with Crippen molar-refractivity contribution in [2.75, 3.05) is 5.32 Å². The van der Waals surface area contributed by atoms with Crippen molar-refractivity contribution in [3.8, 4) is 0 Å². The van der Waals surface area contributed by atoms with Crippen LogP contribution < -0.4 is 5.32 Å². The molecule has 2 aliphatic rings. The van der Waals surface area contributed by atoms with Gasteiger partial charge in [0.15, 0.2) is 0 Å². The number of aliphatic imine (C=N–C) groups is 1. The number of hydrogen-bond acceptors (Lipinski definition) is 4. The van der Waals surface area contributed by atoms with E-state index in [1.807, 2.05) is 18.2 Å². The number of fused-ring (bicyclic) bond motifs is 3.